The van der Waals surface area contributed by atoms with Crippen LogP contribution in [0.1, 0.15) is 0 Å². The van der Waals surface area contributed by atoms with Gasteiger partial charge >= 0.3 is 0 Å². The fourth-order valence-corrected chi connectivity index (χ4v) is 6.36. The Morgan fingerprint density at radius 2 is 0.812 bits per heavy atom. The van der Waals surface area contributed by atoms with E-state index in [1.807, 2.05) is 30.6 Å². The van der Waals surface area contributed by atoms with Crippen molar-refractivity contribution in [3.63, 3.8) is 0 Å². The van der Waals surface area contributed by atoms with E-state index in [4.69, 9.17) is 9.97 Å². The molecule has 4 heteroatoms. The molecule has 0 amide bonds. The zero-order valence-corrected chi connectivity index (χ0v) is 26.0. The predicted molar refractivity (Wildman–Crippen MR) is 197 cm³/mol. The van der Waals surface area contributed by atoms with Crippen LogP contribution in [0.25, 0.3) is 88.7 Å². The molecule has 9 aromatic rings. The first-order valence-corrected chi connectivity index (χ1v) is 16.0. The van der Waals surface area contributed by atoms with Crippen molar-refractivity contribution < 1.29 is 0 Å². The zero-order chi connectivity index (χ0) is 31.9. The Morgan fingerprint density at radius 1 is 0.292 bits per heavy atom. The monoisotopic (exact) mass is 612 g/mol. The van der Waals surface area contributed by atoms with Gasteiger partial charge in [-0.15, -0.1) is 0 Å². The average Bonchev–Trinajstić information content (AvgIpc) is 3.18. The highest BCUT2D eigenvalue weighted by atomic mass is 14.9. The Kier molecular flexibility index (Phi) is 6.76. The molecule has 0 aliphatic rings. The summed E-state index contributed by atoms with van der Waals surface area (Å²) in [6.45, 7) is 0. The van der Waals surface area contributed by atoms with Crippen molar-refractivity contribution in [2.24, 2.45) is 0 Å². The van der Waals surface area contributed by atoms with Crippen LogP contribution in [0.4, 0.5) is 0 Å². The third kappa shape index (κ3) is 5.16. The van der Waals surface area contributed by atoms with E-state index in [0.717, 1.165) is 61.0 Å². The molecule has 0 aliphatic carbocycles. The maximum absolute atomic E-state index is 5.20. The van der Waals surface area contributed by atoms with E-state index >= 15 is 0 Å². The van der Waals surface area contributed by atoms with Crippen LogP contribution in [-0.2, 0) is 0 Å². The van der Waals surface area contributed by atoms with Crippen molar-refractivity contribution >= 4 is 32.6 Å². The molecule has 0 atom stereocenters. The third-order valence-corrected chi connectivity index (χ3v) is 8.96. The van der Waals surface area contributed by atoms with Crippen molar-refractivity contribution in [3.8, 4) is 56.2 Å². The number of nitrogens with zero attached hydrogens (tertiary/aromatic N) is 4. The smallest absolute Gasteiger partial charge is 0.159 e. The molecule has 0 saturated heterocycles. The minimum absolute atomic E-state index is 0.695. The summed E-state index contributed by atoms with van der Waals surface area (Å²) in [5.74, 6) is 0.695. The van der Waals surface area contributed by atoms with Gasteiger partial charge in [-0.25, -0.2) is 19.9 Å². The lowest BCUT2D eigenvalue weighted by Crippen LogP contribution is -1.92. The van der Waals surface area contributed by atoms with Crippen LogP contribution in [0.15, 0.2) is 170 Å². The summed E-state index contributed by atoms with van der Waals surface area (Å²) in [5.41, 5.74) is 11.1. The molecule has 3 aromatic heterocycles. The molecule has 0 aliphatic heterocycles. The van der Waals surface area contributed by atoms with Gasteiger partial charge in [0.05, 0.1) is 22.4 Å². The Balaban J connectivity index is 1.04. The number of rotatable bonds is 5. The minimum atomic E-state index is 0.695. The molecule has 4 nitrogen and oxygen atoms in total. The molecule has 6 aromatic carbocycles. The fourth-order valence-electron chi connectivity index (χ4n) is 6.36. The molecule has 224 valence electrons. The standard InChI is InChI=1S/C44H28N4/c1-2-7-29(8-3-1)39-27-45-44(46-28-39)34-18-14-31(15-19-34)40-23-21-32-16-17-33-22-24-41(48-43(33)42(32)47-40)38-12-6-11-36(26-38)37-20-13-30-9-4-5-10-35(30)25-37/h1-28H. The molecule has 48 heavy (non-hydrogen) atoms. The molecule has 0 spiro atoms. The van der Waals surface area contributed by atoms with Crippen molar-refractivity contribution in [1.29, 1.82) is 0 Å². The molecule has 9 rings (SSSR count). The van der Waals surface area contributed by atoms with Gasteiger partial charge in [0.1, 0.15) is 0 Å². The van der Waals surface area contributed by atoms with E-state index in [1.165, 1.54) is 21.9 Å². The summed E-state index contributed by atoms with van der Waals surface area (Å²) in [7, 11) is 0. The normalized spacial score (nSPS) is 11.3. The van der Waals surface area contributed by atoms with Gasteiger partial charge in [0, 0.05) is 45.4 Å². The molecule has 0 radical (unpaired) electrons. The molecular formula is C44H28N4. The summed E-state index contributed by atoms with van der Waals surface area (Å²) in [5, 5.41) is 4.60. The van der Waals surface area contributed by atoms with Crippen molar-refractivity contribution in [1.82, 2.24) is 19.9 Å². The van der Waals surface area contributed by atoms with E-state index in [9.17, 15) is 0 Å². The van der Waals surface area contributed by atoms with Crippen LogP contribution in [-0.4, -0.2) is 19.9 Å². The molecule has 0 N–H and O–H groups in total. The Bertz CT molecular complexity index is 2590. The number of fused-ring (bicyclic) bond motifs is 4. The molecule has 0 bridgehead atoms. The van der Waals surface area contributed by atoms with Crippen LogP contribution in [0.2, 0.25) is 0 Å². The van der Waals surface area contributed by atoms with Gasteiger partial charge in [-0.1, -0.05) is 133 Å². The lowest BCUT2D eigenvalue weighted by atomic mass is 9.98. The van der Waals surface area contributed by atoms with Gasteiger partial charge in [-0.3, -0.25) is 0 Å². The molecular weight excluding hydrogens is 585 g/mol. The predicted octanol–water partition coefficient (Wildman–Crippen LogP) is 11.1. The highest BCUT2D eigenvalue weighted by Crippen LogP contribution is 2.32. The second kappa shape index (κ2) is 11.7. The van der Waals surface area contributed by atoms with E-state index in [-0.39, 0.29) is 0 Å². The maximum Gasteiger partial charge on any atom is 0.159 e. The van der Waals surface area contributed by atoms with Gasteiger partial charge in [-0.05, 0) is 51.7 Å². The van der Waals surface area contributed by atoms with E-state index in [2.05, 4.69) is 149 Å². The first-order valence-electron chi connectivity index (χ1n) is 16.0. The summed E-state index contributed by atoms with van der Waals surface area (Å²) < 4.78 is 0. The van der Waals surface area contributed by atoms with Crippen molar-refractivity contribution in [2.75, 3.05) is 0 Å². The summed E-state index contributed by atoms with van der Waals surface area (Å²) in [6.07, 6.45) is 3.76. The lowest BCUT2D eigenvalue weighted by Gasteiger charge is -2.10. The van der Waals surface area contributed by atoms with Gasteiger partial charge in [0.25, 0.3) is 0 Å². The van der Waals surface area contributed by atoms with Crippen molar-refractivity contribution in [3.05, 3.63) is 170 Å². The number of hydrogen-bond acceptors (Lipinski definition) is 4. The average molecular weight is 613 g/mol. The number of pyridine rings is 2. The van der Waals surface area contributed by atoms with Crippen molar-refractivity contribution in [2.45, 2.75) is 0 Å². The Morgan fingerprint density at radius 3 is 1.54 bits per heavy atom. The van der Waals surface area contributed by atoms with E-state index in [1.54, 1.807) is 0 Å². The highest BCUT2D eigenvalue weighted by molar-refractivity contribution is 6.04. The number of hydrogen-bond donors (Lipinski definition) is 0. The first-order chi connectivity index (χ1) is 23.7. The van der Waals surface area contributed by atoms with Gasteiger partial charge in [0.2, 0.25) is 0 Å². The summed E-state index contributed by atoms with van der Waals surface area (Å²) >= 11 is 0. The van der Waals surface area contributed by atoms with E-state index < -0.39 is 0 Å². The first kappa shape index (κ1) is 27.8. The molecule has 0 unspecified atom stereocenters. The van der Waals surface area contributed by atoms with E-state index in [0.29, 0.717) is 5.82 Å². The third-order valence-electron chi connectivity index (χ3n) is 8.96. The Labute approximate surface area is 278 Å². The minimum Gasteiger partial charge on any atom is -0.245 e. The molecule has 0 saturated carbocycles. The number of benzene rings is 6. The second-order valence-electron chi connectivity index (χ2n) is 12.0. The maximum atomic E-state index is 5.20. The zero-order valence-electron chi connectivity index (χ0n) is 26.0. The summed E-state index contributed by atoms with van der Waals surface area (Å²) in [4.78, 5) is 19.6. The van der Waals surface area contributed by atoms with Crippen LogP contribution in [0.5, 0.6) is 0 Å². The molecule has 0 fully saturated rings. The van der Waals surface area contributed by atoms with Gasteiger partial charge < -0.3 is 0 Å². The topological polar surface area (TPSA) is 51.6 Å². The van der Waals surface area contributed by atoms with Gasteiger partial charge in [0.15, 0.2) is 5.82 Å². The second-order valence-corrected chi connectivity index (χ2v) is 12.0. The van der Waals surface area contributed by atoms with Crippen LogP contribution in [0, 0.1) is 0 Å². The SMILES string of the molecule is c1ccc(-c2cnc(-c3ccc(-c4ccc5ccc6ccc(-c7cccc(-c8ccc9ccccc9c8)c7)nc6c5n4)cc3)nc2)cc1. The van der Waals surface area contributed by atoms with Crippen LogP contribution in [0.3, 0.4) is 0 Å². The fraction of sp³-hybridized carbons (Fsp3) is 0. The Hall–Kier alpha value is -6.52. The summed E-state index contributed by atoms with van der Waals surface area (Å²) in [6, 6.07) is 54.9. The molecule has 3 heterocycles. The highest BCUT2D eigenvalue weighted by Gasteiger charge is 2.11. The largest absolute Gasteiger partial charge is 0.245 e. The van der Waals surface area contributed by atoms with Crippen LogP contribution < -0.4 is 0 Å². The van der Waals surface area contributed by atoms with Crippen LogP contribution >= 0.6 is 0 Å². The quantitative estimate of drug-likeness (QED) is 0.181. The van der Waals surface area contributed by atoms with Gasteiger partial charge in [-0.2, -0.15) is 0 Å². The number of aromatic nitrogens is 4. The lowest BCUT2D eigenvalue weighted by molar-refractivity contribution is 1.18.